The van der Waals surface area contributed by atoms with Crippen LogP contribution in [0, 0.1) is 5.92 Å². The van der Waals surface area contributed by atoms with Gasteiger partial charge in [-0.25, -0.2) is 0 Å². The SMILES string of the molecule is CCCc1ccc(-c2ccc(N(C[C@@H](N)COC)C(=O)C3CC3)cc2)cc1. The number of benzene rings is 2. The number of aryl methyl sites for hydroxylation is 1. The Kier molecular flexibility index (Phi) is 6.64. The normalized spacial score (nSPS) is 14.8. The van der Waals surface area contributed by atoms with Gasteiger partial charge < -0.3 is 15.4 Å². The summed E-state index contributed by atoms with van der Waals surface area (Å²) in [7, 11) is 1.63. The van der Waals surface area contributed by atoms with Gasteiger partial charge in [-0.3, -0.25) is 4.79 Å². The molecule has 4 heteroatoms. The lowest BCUT2D eigenvalue weighted by molar-refractivity contribution is -0.119. The zero-order chi connectivity index (χ0) is 19.2. The number of hydrogen-bond donors (Lipinski definition) is 1. The van der Waals surface area contributed by atoms with Crippen LogP contribution in [0.2, 0.25) is 0 Å². The van der Waals surface area contributed by atoms with Crippen molar-refractivity contribution in [1.82, 2.24) is 0 Å². The molecule has 2 N–H and O–H groups in total. The lowest BCUT2D eigenvalue weighted by atomic mass is 10.0. The topological polar surface area (TPSA) is 55.6 Å². The predicted molar refractivity (Wildman–Crippen MR) is 111 cm³/mol. The molecule has 0 saturated heterocycles. The second kappa shape index (κ2) is 9.16. The molecule has 4 nitrogen and oxygen atoms in total. The highest BCUT2D eigenvalue weighted by molar-refractivity contribution is 5.96. The van der Waals surface area contributed by atoms with Gasteiger partial charge in [0.15, 0.2) is 0 Å². The van der Waals surface area contributed by atoms with Crippen molar-refractivity contribution in [2.75, 3.05) is 25.2 Å². The van der Waals surface area contributed by atoms with Crippen LogP contribution in [-0.2, 0) is 16.0 Å². The fraction of sp³-hybridized carbons (Fsp3) is 0.435. The summed E-state index contributed by atoms with van der Waals surface area (Å²) in [5.41, 5.74) is 10.7. The number of carbonyl (C=O) groups excluding carboxylic acids is 1. The average Bonchev–Trinajstić information content (AvgIpc) is 3.52. The highest BCUT2D eigenvalue weighted by Gasteiger charge is 2.34. The molecule has 144 valence electrons. The number of carbonyl (C=O) groups is 1. The van der Waals surface area contributed by atoms with Crippen molar-refractivity contribution in [3.8, 4) is 11.1 Å². The molecule has 1 amide bonds. The van der Waals surface area contributed by atoms with Gasteiger partial charge in [0.05, 0.1) is 6.61 Å². The van der Waals surface area contributed by atoms with E-state index in [4.69, 9.17) is 10.5 Å². The van der Waals surface area contributed by atoms with E-state index in [0.717, 1.165) is 36.9 Å². The molecule has 0 aliphatic heterocycles. The van der Waals surface area contributed by atoms with Crippen LogP contribution in [0.4, 0.5) is 5.69 Å². The molecule has 0 aromatic heterocycles. The van der Waals surface area contributed by atoms with Crippen LogP contribution in [0.25, 0.3) is 11.1 Å². The lowest BCUT2D eigenvalue weighted by Gasteiger charge is -2.26. The Balaban J connectivity index is 1.76. The van der Waals surface area contributed by atoms with Crippen molar-refractivity contribution in [2.45, 2.75) is 38.6 Å². The van der Waals surface area contributed by atoms with Gasteiger partial charge in [0.2, 0.25) is 5.91 Å². The van der Waals surface area contributed by atoms with Crippen LogP contribution in [-0.4, -0.2) is 32.2 Å². The van der Waals surface area contributed by atoms with Crippen LogP contribution in [0.1, 0.15) is 31.7 Å². The Morgan fingerprint density at radius 1 is 1.11 bits per heavy atom. The zero-order valence-corrected chi connectivity index (χ0v) is 16.4. The second-order valence-electron chi connectivity index (χ2n) is 7.43. The first-order valence-corrected chi connectivity index (χ1v) is 9.87. The van der Waals surface area contributed by atoms with Crippen LogP contribution in [0.15, 0.2) is 48.5 Å². The lowest BCUT2D eigenvalue weighted by Crippen LogP contribution is -2.44. The number of anilines is 1. The molecule has 1 aliphatic rings. The molecule has 0 unspecified atom stereocenters. The van der Waals surface area contributed by atoms with Gasteiger partial charge in [-0.1, -0.05) is 49.7 Å². The van der Waals surface area contributed by atoms with Crippen LogP contribution >= 0.6 is 0 Å². The number of rotatable bonds is 9. The number of hydrogen-bond acceptors (Lipinski definition) is 3. The van der Waals surface area contributed by atoms with Crippen LogP contribution < -0.4 is 10.6 Å². The third-order valence-electron chi connectivity index (χ3n) is 5.00. The smallest absolute Gasteiger partial charge is 0.230 e. The highest BCUT2D eigenvalue weighted by Crippen LogP contribution is 2.33. The summed E-state index contributed by atoms with van der Waals surface area (Å²) in [6.07, 6.45) is 4.23. The van der Waals surface area contributed by atoms with Gasteiger partial charge in [-0.05, 0) is 48.1 Å². The molecule has 0 radical (unpaired) electrons. The summed E-state index contributed by atoms with van der Waals surface area (Å²) >= 11 is 0. The van der Waals surface area contributed by atoms with Crippen molar-refractivity contribution in [3.05, 3.63) is 54.1 Å². The summed E-state index contributed by atoms with van der Waals surface area (Å²) in [5.74, 6) is 0.337. The van der Waals surface area contributed by atoms with Crippen molar-refractivity contribution in [1.29, 1.82) is 0 Å². The molecular weight excluding hydrogens is 336 g/mol. The van der Waals surface area contributed by atoms with Crippen LogP contribution in [0.3, 0.4) is 0 Å². The van der Waals surface area contributed by atoms with E-state index in [0.29, 0.717) is 13.2 Å². The van der Waals surface area contributed by atoms with E-state index < -0.39 is 0 Å². The van der Waals surface area contributed by atoms with Gasteiger partial charge in [0, 0.05) is 31.3 Å². The average molecular weight is 367 g/mol. The molecular formula is C23H30N2O2. The molecule has 1 aliphatic carbocycles. The number of nitrogens with zero attached hydrogens (tertiary/aromatic N) is 1. The van der Waals surface area contributed by atoms with Crippen molar-refractivity contribution >= 4 is 11.6 Å². The summed E-state index contributed by atoms with van der Waals surface area (Å²) < 4.78 is 5.14. The van der Waals surface area contributed by atoms with Gasteiger partial charge in [-0.2, -0.15) is 0 Å². The standard InChI is InChI=1S/C23H30N2O2/c1-3-4-17-5-7-18(8-6-17)19-11-13-22(14-12-19)25(15-21(24)16-27-2)23(26)20-9-10-20/h5-8,11-14,20-21H,3-4,9-10,15-16,24H2,1-2H3/t21-/m1/s1. The Hall–Kier alpha value is -2.17. The summed E-state index contributed by atoms with van der Waals surface area (Å²) in [6, 6.07) is 16.7. The minimum atomic E-state index is -0.191. The Bertz CT molecular complexity index is 736. The maximum atomic E-state index is 12.7. The van der Waals surface area contributed by atoms with Gasteiger partial charge in [0.25, 0.3) is 0 Å². The molecule has 1 fully saturated rings. The number of methoxy groups -OCH3 is 1. The fourth-order valence-electron chi connectivity index (χ4n) is 3.36. The van der Waals surface area contributed by atoms with E-state index in [9.17, 15) is 4.79 Å². The number of ether oxygens (including phenoxy) is 1. The number of amides is 1. The molecule has 0 heterocycles. The maximum absolute atomic E-state index is 12.7. The van der Waals surface area contributed by atoms with Crippen molar-refractivity contribution < 1.29 is 9.53 Å². The Morgan fingerprint density at radius 3 is 2.22 bits per heavy atom. The van der Waals surface area contributed by atoms with E-state index in [1.165, 1.54) is 11.1 Å². The molecule has 27 heavy (non-hydrogen) atoms. The van der Waals surface area contributed by atoms with E-state index in [1.807, 2.05) is 17.0 Å². The Morgan fingerprint density at radius 2 is 1.70 bits per heavy atom. The molecule has 2 aromatic rings. The third-order valence-corrected chi connectivity index (χ3v) is 5.00. The van der Waals surface area contributed by atoms with Crippen LogP contribution in [0.5, 0.6) is 0 Å². The first kappa shape index (κ1) is 19.6. The van der Waals surface area contributed by atoms with Gasteiger partial charge >= 0.3 is 0 Å². The van der Waals surface area contributed by atoms with Gasteiger partial charge in [-0.15, -0.1) is 0 Å². The molecule has 0 bridgehead atoms. The molecule has 1 saturated carbocycles. The number of nitrogens with two attached hydrogens (primary N) is 1. The summed E-state index contributed by atoms with van der Waals surface area (Å²) in [5, 5.41) is 0. The maximum Gasteiger partial charge on any atom is 0.230 e. The predicted octanol–water partition coefficient (Wildman–Crippen LogP) is 4.02. The third kappa shape index (κ3) is 5.18. The van der Waals surface area contributed by atoms with Gasteiger partial charge in [0.1, 0.15) is 0 Å². The molecule has 3 rings (SSSR count). The largest absolute Gasteiger partial charge is 0.383 e. The molecule has 1 atom stereocenters. The first-order chi connectivity index (χ1) is 13.1. The molecule has 0 spiro atoms. The summed E-state index contributed by atoms with van der Waals surface area (Å²) in [4.78, 5) is 14.6. The fourth-order valence-corrected chi connectivity index (χ4v) is 3.36. The quantitative estimate of drug-likeness (QED) is 0.729. The molecule has 2 aromatic carbocycles. The van der Waals surface area contributed by atoms with Crippen molar-refractivity contribution in [2.24, 2.45) is 11.7 Å². The minimum absolute atomic E-state index is 0.158. The van der Waals surface area contributed by atoms with E-state index in [-0.39, 0.29) is 17.9 Å². The minimum Gasteiger partial charge on any atom is -0.383 e. The van der Waals surface area contributed by atoms with E-state index in [2.05, 4.69) is 43.3 Å². The monoisotopic (exact) mass is 366 g/mol. The van der Waals surface area contributed by atoms with E-state index in [1.54, 1.807) is 7.11 Å². The van der Waals surface area contributed by atoms with E-state index >= 15 is 0 Å². The first-order valence-electron chi connectivity index (χ1n) is 9.87. The second-order valence-corrected chi connectivity index (χ2v) is 7.43. The summed E-state index contributed by atoms with van der Waals surface area (Å²) in [6.45, 7) is 3.12. The highest BCUT2D eigenvalue weighted by atomic mass is 16.5. The zero-order valence-electron chi connectivity index (χ0n) is 16.4. The Labute approximate surface area is 162 Å². The van der Waals surface area contributed by atoms with Crippen molar-refractivity contribution in [3.63, 3.8) is 0 Å².